The first-order chi connectivity index (χ1) is 9.54. The third-order valence-electron chi connectivity index (χ3n) is 3.46. The van der Waals surface area contributed by atoms with Crippen molar-refractivity contribution in [2.24, 2.45) is 13.0 Å². The quantitative estimate of drug-likeness (QED) is 0.851. The number of nitrogens with zero attached hydrogens (tertiary/aromatic N) is 2. The molecule has 4 nitrogen and oxygen atoms in total. The van der Waals surface area contributed by atoms with Crippen LogP contribution in [0, 0.1) is 5.92 Å². The lowest BCUT2D eigenvalue weighted by atomic mass is 10.0. The molecule has 0 aliphatic heterocycles. The van der Waals surface area contributed by atoms with Gasteiger partial charge in [0, 0.05) is 11.9 Å². The summed E-state index contributed by atoms with van der Waals surface area (Å²) in [5, 5.41) is 10.2. The van der Waals surface area contributed by atoms with E-state index < -0.39 is 0 Å². The molecule has 1 unspecified atom stereocenters. The Kier molecular flexibility index (Phi) is 4.70. The second-order valence-corrected chi connectivity index (χ2v) is 6.44. The summed E-state index contributed by atoms with van der Waals surface area (Å²) in [7, 11) is 1.95. The molecule has 0 bridgehead atoms. The minimum Gasteiger partial charge on any atom is -0.394 e. The number of aryl methyl sites for hydroxylation is 2. The van der Waals surface area contributed by atoms with Crippen molar-refractivity contribution in [1.29, 1.82) is 0 Å². The van der Waals surface area contributed by atoms with E-state index in [1.54, 1.807) is 11.3 Å². The highest BCUT2D eigenvalue weighted by Crippen LogP contribution is 2.32. The van der Waals surface area contributed by atoms with Crippen molar-refractivity contribution in [2.45, 2.75) is 39.7 Å². The van der Waals surface area contributed by atoms with Gasteiger partial charge >= 0.3 is 0 Å². The van der Waals surface area contributed by atoms with Gasteiger partial charge in [0.1, 0.15) is 5.82 Å². The van der Waals surface area contributed by atoms with E-state index in [1.165, 1.54) is 4.88 Å². The molecule has 20 heavy (non-hydrogen) atoms. The molecule has 0 aliphatic carbocycles. The largest absolute Gasteiger partial charge is 0.394 e. The van der Waals surface area contributed by atoms with Crippen molar-refractivity contribution in [2.75, 3.05) is 11.1 Å². The molecule has 0 aromatic carbocycles. The molecule has 0 fully saturated rings. The van der Waals surface area contributed by atoms with Crippen LogP contribution in [0.2, 0.25) is 0 Å². The number of nitrogen functional groups attached to an aromatic ring is 1. The number of rotatable bonds is 6. The summed E-state index contributed by atoms with van der Waals surface area (Å²) in [4.78, 5) is 1.33. The Morgan fingerprint density at radius 1 is 1.45 bits per heavy atom. The van der Waals surface area contributed by atoms with Crippen LogP contribution in [0.25, 0.3) is 0 Å². The van der Waals surface area contributed by atoms with Crippen LogP contribution in [0.5, 0.6) is 0 Å². The highest BCUT2D eigenvalue weighted by molar-refractivity contribution is 7.10. The third-order valence-corrected chi connectivity index (χ3v) is 4.41. The first kappa shape index (κ1) is 14.9. The fraction of sp³-hybridized carbons (Fsp3) is 0.533. The van der Waals surface area contributed by atoms with Gasteiger partial charge in [0.05, 0.1) is 17.4 Å². The van der Waals surface area contributed by atoms with Crippen LogP contribution in [-0.4, -0.2) is 9.78 Å². The molecule has 0 spiro atoms. The van der Waals surface area contributed by atoms with Crippen molar-refractivity contribution in [3.05, 3.63) is 28.1 Å². The van der Waals surface area contributed by atoms with Crippen molar-refractivity contribution in [3.63, 3.8) is 0 Å². The lowest BCUT2D eigenvalue weighted by Gasteiger charge is -2.22. The number of nitrogens with one attached hydrogen (secondary N) is 1. The van der Waals surface area contributed by atoms with Crippen LogP contribution < -0.4 is 11.1 Å². The minimum atomic E-state index is 0.266. The smallest absolute Gasteiger partial charge is 0.148 e. The monoisotopic (exact) mass is 292 g/mol. The molecular formula is C15H24N4S. The lowest BCUT2D eigenvalue weighted by Crippen LogP contribution is -2.18. The average molecular weight is 292 g/mol. The molecule has 2 aromatic heterocycles. The highest BCUT2D eigenvalue weighted by Gasteiger charge is 2.21. The summed E-state index contributed by atoms with van der Waals surface area (Å²) in [6.07, 6.45) is 1.98. The van der Waals surface area contributed by atoms with E-state index in [0.717, 1.165) is 30.0 Å². The Hall–Kier alpha value is -1.49. The second-order valence-electron chi connectivity index (χ2n) is 5.46. The first-order valence-electron chi connectivity index (χ1n) is 7.15. The van der Waals surface area contributed by atoms with Gasteiger partial charge in [-0.05, 0) is 23.8 Å². The van der Waals surface area contributed by atoms with Crippen molar-refractivity contribution in [1.82, 2.24) is 9.78 Å². The van der Waals surface area contributed by atoms with E-state index in [1.807, 2.05) is 11.7 Å². The molecule has 0 radical (unpaired) electrons. The predicted octanol–water partition coefficient (Wildman–Crippen LogP) is 3.83. The van der Waals surface area contributed by atoms with Crippen LogP contribution >= 0.6 is 11.3 Å². The number of hydrogen-bond acceptors (Lipinski definition) is 4. The van der Waals surface area contributed by atoms with Gasteiger partial charge in [-0.3, -0.25) is 4.68 Å². The summed E-state index contributed by atoms with van der Waals surface area (Å²) in [6, 6.07) is 4.52. The van der Waals surface area contributed by atoms with Crippen LogP contribution in [0.15, 0.2) is 17.5 Å². The molecule has 5 heteroatoms. The Labute approximate surface area is 125 Å². The Balaban J connectivity index is 2.27. The van der Waals surface area contributed by atoms with Crippen molar-refractivity contribution >= 4 is 22.8 Å². The molecule has 0 amide bonds. The average Bonchev–Trinajstić information content (AvgIpc) is 2.99. The summed E-state index contributed by atoms with van der Waals surface area (Å²) in [5.74, 6) is 1.41. The molecule has 1 atom stereocenters. The molecule has 2 heterocycles. The molecule has 2 aromatic rings. The van der Waals surface area contributed by atoms with Crippen LogP contribution in [0.3, 0.4) is 0 Å². The number of thiophene rings is 1. The fourth-order valence-electron chi connectivity index (χ4n) is 2.37. The molecule has 2 rings (SSSR count). The molecule has 110 valence electrons. The summed E-state index contributed by atoms with van der Waals surface area (Å²) in [5.41, 5.74) is 8.03. The highest BCUT2D eigenvalue weighted by atomic mass is 32.1. The maximum absolute atomic E-state index is 6.25. The van der Waals surface area contributed by atoms with E-state index in [0.29, 0.717) is 5.92 Å². The molecule has 3 N–H and O–H groups in total. The predicted molar refractivity (Wildman–Crippen MR) is 87.1 cm³/mol. The van der Waals surface area contributed by atoms with Gasteiger partial charge in [0.25, 0.3) is 0 Å². The molecule has 0 saturated carbocycles. The Morgan fingerprint density at radius 3 is 2.75 bits per heavy atom. The zero-order valence-corrected chi connectivity index (χ0v) is 13.5. The normalized spacial score (nSPS) is 12.8. The van der Waals surface area contributed by atoms with Gasteiger partial charge in [-0.15, -0.1) is 11.3 Å². The topological polar surface area (TPSA) is 55.9 Å². The van der Waals surface area contributed by atoms with Crippen LogP contribution in [-0.2, 0) is 13.5 Å². The lowest BCUT2D eigenvalue weighted by molar-refractivity contribution is 0.547. The Bertz CT molecular complexity index is 542. The standard InChI is InChI=1S/C15H24N4S/c1-5-7-11-13(16)15(19(4)18-11)17-14(10(2)3)12-8-6-9-20-12/h6,8-10,14,17H,5,7,16H2,1-4H3. The van der Waals surface area contributed by atoms with Crippen molar-refractivity contribution < 1.29 is 0 Å². The van der Waals surface area contributed by atoms with E-state index in [9.17, 15) is 0 Å². The molecule has 0 saturated heterocycles. The maximum Gasteiger partial charge on any atom is 0.148 e. The van der Waals surface area contributed by atoms with E-state index in [2.05, 4.69) is 48.7 Å². The molecular weight excluding hydrogens is 268 g/mol. The molecule has 0 aliphatic rings. The summed E-state index contributed by atoms with van der Waals surface area (Å²) in [6.45, 7) is 6.58. The van der Waals surface area contributed by atoms with Gasteiger partial charge in [0.2, 0.25) is 0 Å². The van der Waals surface area contributed by atoms with E-state index in [4.69, 9.17) is 5.73 Å². The zero-order chi connectivity index (χ0) is 14.7. The number of anilines is 2. The summed E-state index contributed by atoms with van der Waals surface area (Å²) >= 11 is 1.77. The Morgan fingerprint density at radius 2 is 2.20 bits per heavy atom. The number of nitrogens with two attached hydrogens (primary N) is 1. The van der Waals surface area contributed by atoms with E-state index in [-0.39, 0.29) is 6.04 Å². The van der Waals surface area contributed by atoms with Gasteiger partial charge in [-0.1, -0.05) is 33.3 Å². The number of aromatic nitrogens is 2. The van der Waals surface area contributed by atoms with Crippen LogP contribution in [0.4, 0.5) is 11.5 Å². The van der Waals surface area contributed by atoms with E-state index >= 15 is 0 Å². The third kappa shape index (κ3) is 2.98. The second kappa shape index (κ2) is 6.31. The SMILES string of the molecule is CCCc1nn(C)c(NC(c2cccs2)C(C)C)c1N. The van der Waals surface area contributed by atoms with Gasteiger partial charge in [0.15, 0.2) is 0 Å². The maximum atomic E-state index is 6.25. The number of hydrogen-bond donors (Lipinski definition) is 2. The van der Waals surface area contributed by atoms with Gasteiger partial charge in [-0.25, -0.2) is 0 Å². The fourth-order valence-corrected chi connectivity index (χ4v) is 3.32. The minimum absolute atomic E-state index is 0.266. The first-order valence-corrected chi connectivity index (χ1v) is 8.03. The zero-order valence-electron chi connectivity index (χ0n) is 12.7. The van der Waals surface area contributed by atoms with Crippen LogP contribution in [0.1, 0.15) is 43.8 Å². The van der Waals surface area contributed by atoms with Gasteiger partial charge < -0.3 is 11.1 Å². The summed E-state index contributed by atoms with van der Waals surface area (Å²) < 4.78 is 1.86. The van der Waals surface area contributed by atoms with Gasteiger partial charge in [-0.2, -0.15) is 5.10 Å². The van der Waals surface area contributed by atoms with Crippen molar-refractivity contribution in [3.8, 4) is 0 Å².